The standard InChI is InChI=1S/C15H29N3O6S/c19-25(20)24-8-1-15(16-2-9-21-10-3-16,17-4-11-22-12-5-17)18-6-13-23-14-7-18/h1-14H2,(H,19,20)/p-1. The van der Waals surface area contributed by atoms with Crippen molar-refractivity contribution in [2.24, 2.45) is 0 Å². The first-order valence-electron chi connectivity index (χ1n) is 8.94. The number of morpholine rings is 3. The van der Waals surface area contributed by atoms with Gasteiger partial charge in [0.15, 0.2) is 0 Å². The van der Waals surface area contributed by atoms with E-state index in [1.807, 2.05) is 0 Å². The Morgan fingerprint density at radius 1 is 0.800 bits per heavy atom. The van der Waals surface area contributed by atoms with E-state index < -0.39 is 17.1 Å². The van der Waals surface area contributed by atoms with Crippen molar-refractivity contribution in [2.45, 2.75) is 12.2 Å². The van der Waals surface area contributed by atoms with Crippen molar-refractivity contribution in [1.29, 1.82) is 0 Å². The molecule has 9 nitrogen and oxygen atoms in total. The number of hydrogen-bond donors (Lipinski definition) is 0. The Balaban J connectivity index is 1.86. The Morgan fingerprint density at radius 3 is 1.48 bits per heavy atom. The first-order valence-corrected chi connectivity index (χ1v) is 9.94. The van der Waals surface area contributed by atoms with E-state index in [1.165, 1.54) is 0 Å². The van der Waals surface area contributed by atoms with Crippen LogP contribution >= 0.6 is 0 Å². The number of hydrogen-bond acceptors (Lipinski definition) is 9. The van der Waals surface area contributed by atoms with Crippen molar-refractivity contribution < 1.29 is 27.2 Å². The van der Waals surface area contributed by atoms with Crippen molar-refractivity contribution >= 4 is 11.4 Å². The largest absolute Gasteiger partial charge is 0.750 e. The Hall–Kier alpha value is -0.170. The van der Waals surface area contributed by atoms with Gasteiger partial charge in [0.05, 0.1) is 57.6 Å². The van der Waals surface area contributed by atoms with Crippen molar-refractivity contribution in [3.8, 4) is 0 Å². The molecule has 146 valence electrons. The highest BCUT2D eigenvalue weighted by molar-refractivity contribution is 7.74. The van der Waals surface area contributed by atoms with E-state index in [9.17, 15) is 8.76 Å². The zero-order valence-corrected chi connectivity index (χ0v) is 15.4. The van der Waals surface area contributed by atoms with Crippen LogP contribution in [0.15, 0.2) is 0 Å². The van der Waals surface area contributed by atoms with Crippen LogP contribution in [-0.2, 0) is 29.8 Å². The molecule has 3 fully saturated rings. The quantitative estimate of drug-likeness (QED) is 0.509. The van der Waals surface area contributed by atoms with Crippen LogP contribution in [0.4, 0.5) is 0 Å². The molecule has 0 aromatic carbocycles. The first kappa shape index (κ1) is 19.6. The van der Waals surface area contributed by atoms with Crippen LogP contribution in [0.25, 0.3) is 0 Å². The molecule has 0 aromatic heterocycles. The van der Waals surface area contributed by atoms with E-state index in [2.05, 4.69) is 14.7 Å². The van der Waals surface area contributed by atoms with Crippen molar-refractivity contribution in [3.63, 3.8) is 0 Å². The smallest absolute Gasteiger partial charge is 0.133 e. The van der Waals surface area contributed by atoms with Gasteiger partial charge in [-0.1, -0.05) is 0 Å². The number of ether oxygens (including phenoxy) is 3. The summed E-state index contributed by atoms with van der Waals surface area (Å²) in [6, 6.07) is 0. The summed E-state index contributed by atoms with van der Waals surface area (Å²) < 4.78 is 43.4. The Morgan fingerprint density at radius 2 is 1.16 bits per heavy atom. The molecule has 1 unspecified atom stereocenters. The maximum atomic E-state index is 10.9. The lowest BCUT2D eigenvalue weighted by Gasteiger charge is -2.58. The molecule has 0 bridgehead atoms. The van der Waals surface area contributed by atoms with Gasteiger partial charge in [-0.2, -0.15) is 0 Å². The molecule has 3 aliphatic heterocycles. The molecule has 3 saturated heterocycles. The highest BCUT2D eigenvalue weighted by Gasteiger charge is 2.48. The number of rotatable bonds is 7. The zero-order chi connectivity index (χ0) is 17.5. The minimum Gasteiger partial charge on any atom is -0.750 e. The average molecular weight is 378 g/mol. The van der Waals surface area contributed by atoms with Gasteiger partial charge in [-0.15, -0.1) is 0 Å². The van der Waals surface area contributed by atoms with E-state index in [1.54, 1.807) is 0 Å². The van der Waals surface area contributed by atoms with Gasteiger partial charge in [0, 0.05) is 45.7 Å². The molecular weight excluding hydrogens is 350 g/mol. The molecule has 0 aliphatic carbocycles. The van der Waals surface area contributed by atoms with Gasteiger partial charge in [-0.05, 0) is 0 Å². The second-order valence-electron chi connectivity index (χ2n) is 6.35. The molecule has 0 spiro atoms. The van der Waals surface area contributed by atoms with E-state index in [4.69, 9.17) is 18.4 Å². The third kappa shape index (κ3) is 4.76. The van der Waals surface area contributed by atoms with Crippen LogP contribution in [0.3, 0.4) is 0 Å². The van der Waals surface area contributed by atoms with Crippen LogP contribution in [0.2, 0.25) is 0 Å². The highest BCUT2D eigenvalue weighted by Crippen LogP contribution is 2.32. The van der Waals surface area contributed by atoms with Crippen molar-refractivity contribution in [2.75, 3.05) is 85.5 Å². The fourth-order valence-electron chi connectivity index (χ4n) is 4.09. The third-order valence-electron chi connectivity index (χ3n) is 5.17. The molecule has 3 heterocycles. The van der Waals surface area contributed by atoms with E-state index >= 15 is 0 Å². The molecule has 0 aromatic rings. The van der Waals surface area contributed by atoms with Gasteiger partial charge in [-0.25, -0.2) is 4.21 Å². The number of nitrogens with zero attached hydrogens (tertiary/aromatic N) is 3. The first-order chi connectivity index (χ1) is 12.2. The second-order valence-corrected chi connectivity index (χ2v) is 6.99. The van der Waals surface area contributed by atoms with Crippen LogP contribution in [0.5, 0.6) is 0 Å². The lowest BCUT2D eigenvalue weighted by molar-refractivity contribution is -0.225. The summed E-state index contributed by atoms with van der Waals surface area (Å²) in [6.45, 7) is 9.15. The van der Waals surface area contributed by atoms with E-state index in [0.29, 0.717) is 46.1 Å². The predicted octanol–water partition coefficient (Wildman–Crippen LogP) is -1.16. The molecule has 10 heteroatoms. The molecule has 25 heavy (non-hydrogen) atoms. The minimum absolute atomic E-state index is 0.155. The van der Waals surface area contributed by atoms with Crippen LogP contribution in [-0.4, -0.2) is 115 Å². The normalized spacial score (nSPS) is 26.6. The fourth-order valence-corrected chi connectivity index (χ4v) is 4.30. The maximum absolute atomic E-state index is 10.9. The summed E-state index contributed by atoms with van der Waals surface area (Å²) in [5.74, 6) is -0.392. The van der Waals surface area contributed by atoms with Gasteiger partial charge in [0.25, 0.3) is 0 Å². The lowest BCUT2D eigenvalue weighted by atomic mass is 10.1. The Bertz CT molecular complexity index is 380. The van der Waals surface area contributed by atoms with Gasteiger partial charge < -0.3 is 22.9 Å². The van der Waals surface area contributed by atoms with Crippen molar-refractivity contribution in [1.82, 2.24) is 14.7 Å². The molecule has 0 N–H and O–H groups in total. The minimum atomic E-state index is -2.49. The molecule has 3 aliphatic rings. The van der Waals surface area contributed by atoms with Crippen LogP contribution in [0, 0.1) is 0 Å². The summed E-state index contributed by atoms with van der Waals surface area (Å²) >= 11 is -2.49. The summed E-state index contributed by atoms with van der Waals surface area (Å²) in [6.07, 6.45) is 0.584. The third-order valence-corrected chi connectivity index (χ3v) is 5.53. The monoisotopic (exact) mass is 378 g/mol. The van der Waals surface area contributed by atoms with E-state index in [0.717, 1.165) is 39.3 Å². The summed E-state index contributed by atoms with van der Waals surface area (Å²) in [4.78, 5) is 7.26. The average Bonchev–Trinajstić information content (AvgIpc) is 2.67. The Labute approximate surface area is 151 Å². The molecule has 0 saturated carbocycles. The zero-order valence-electron chi connectivity index (χ0n) is 14.6. The van der Waals surface area contributed by atoms with E-state index in [-0.39, 0.29) is 6.61 Å². The highest BCUT2D eigenvalue weighted by atomic mass is 32.2. The SMILES string of the molecule is O=S([O-])OCCC(N1CCOCC1)(N1CCOCC1)N1CCOCC1. The van der Waals surface area contributed by atoms with Crippen molar-refractivity contribution in [3.05, 3.63) is 0 Å². The molecule has 1 atom stereocenters. The van der Waals surface area contributed by atoms with Crippen LogP contribution in [0.1, 0.15) is 6.42 Å². The molecule has 0 radical (unpaired) electrons. The van der Waals surface area contributed by atoms with Gasteiger partial charge >= 0.3 is 0 Å². The fraction of sp³-hybridized carbons (Fsp3) is 1.00. The summed E-state index contributed by atoms with van der Waals surface area (Å²) in [5.41, 5.74) is 0. The topological polar surface area (TPSA) is 86.8 Å². The summed E-state index contributed by atoms with van der Waals surface area (Å²) in [7, 11) is 0. The van der Waals surface area contributed by atoms with Gasteiger partial charge in [0.1, 0.15) is 5.79 Å². The van der Waals surface area contributed by atoms with Crippen LogP contribution < -0.4 is 0 Å². The van der Waals surface area contributed by atoms with Gasteiger partial charge in [-0.3, -0.25) is 14.7 Å². The molecule has 3 rings (SSSR count). The second kappa shape index (κ2) is 9.67. The maximum Gasteiger partial charge on any atom is 0.133 e. The lowest BCUT2D eigenvalue weighted by Crippen LogP contribution is -2.74. The Kier molecular flexibility index (Phi) is 7.58. The molecular formula is C15H28N3O6S-. The summed E-state index contributed by atoms with van der Waals surface area (Å²) in [5, 5.41) is 0. The molecule has 0 amide bonds. The predicted molar refractivity (Wildman–Crippen MR) is 89.4 cm³/mol. The van der Waals surface area contributed by atoms with Gasteiger partial charge in [0.2, 0.25) is 0 Å².